The average molecular weight is 253 g/mol. The summed E-state index contributed by atoms with van der Waals surface area (Å²) >= 11 is 0. The van der Waals surface area contributed by atoms with Gasteiger partial charge in [0.1, 0.15) is 12.0 Å². The van der Waals surface area contributed by atoms with Crippen LogP contribution in [0.3, 0.4) is 0 Å². The summed E-state index contributed by atoms with van der Waals surface area (Å²) in [6.07, 6.45) is 2.78. The summed E-state index contributed by atoms with van der Waals surface area (Å²) in [4.78, 5) is 24.2. The molecule has 1 fully saturated rings. The Hall–Kier alpha value is -2.05. The van der Waals surface area contributed by atoms with E-state index in [0.717, 1.165) is 0 Å². The van der Waals surface area contributed by atoms with E-state index in [-0.39, 0.29) is 19.1 Å². The van der Waals surface area contributed by atoms with Crippen molar-refractivity contribution in [1.29, 1.82) is 0 Å². The van der Waals surface area contributed by atoms with Crippen LogP contribution in [0.5, 0.6) is 0 Å². The van der Waals surface area contributed by atoms with Gasteiger partial charge in [0.25, 0.3) is 0 Å². The molecule has 18 heavy (non-hydrogen) atoms. The molecular formula is C11H15N3O4. The average Bonchev–Trinajstić information content (AvgIpc) is 2.89. The van der Waals surface area contributed by atoms with Crippen LogP contribution in [0.1, 0.15) is 18.5 Å². The van der Waals surface area contributed by atoms with E-state index >= 15 is 0 Å². The topological polar surface area (TPSA) is 95.7 Å². The number of nitrogens with one attached hydrogen (secondary N) is 1. The van der Waals surface area contributed by atoms with Gasteiger partial charge in [-0.05, 0) is 12.8 Å². The van der Waals surface area contributed by atoms with Gasteiger partial charge in [0.15, 0.2) is 0 Å². The Kier molecular flexibility index (Phi) is 3.81. The third kappa shape index (κ3) is 2.99. The van der Waals surface area contributed by atoms with Crippen LogP contribution in [-0.2, 0) is 11.3 Å². The highest BCUT2D eigenvalue weighted by atomic mass is 16.5. The van der Waals surface area contributed by atoms with Gasteiger partial charge < -0.3 is 19.8 Å². The van der Waals surface area contributed by atoms with Crippen molar-refractivity contribution in [1.82, 2.24) is 15.4 Å². The van der Waals surface area contributed by atoms with Crippen LogP contribution in [0.25, 0.3) is 0 Å². The zero-order chi connectivity index (χ0) is 13.0. The number of carboxylic acids is 1. The van der Waals surface area contributed by atoms with E-state index in [0.29, 0.717) is 25.1 Å². The van der Waals surface area contributed by atoms with Gasteiger partial charge >= 0.3 is 12.0 Å². The Morgan fingerprint density at radius 3 is 3.11 bits per heavy atom. The van der Waals surface area contributed by atoms with Gasteiger partial charge in [-0.25, -0.2) is 4.79 Å². The summed E-state index contributed by atoms with van der Waals surface area (Å²) in [6.45, 7) is 1.14. The molecule has 0 radical (unpaired) electrons. The van der Waals surface area contributed by atoms with Gasteiger partial charge in [-0.15, -0.1) is 0 Å². The van der Waals surface area contributed by atoms with Crippen LogP contribution in [0, 0.1) is 5.92 Å². The number of hydrogen-bond acceptors (Lipinski definition) is 4. The van der Waals surface area contributed by atoms with Crippen molar-refractivity contribution < 1.29 is 19.2 Å². The van der Waals surface area contributed by atoms with Crippen molar-refractivity contribution in [2.75, 3.05) is 13.1 Å². The normalized spacial score (nSPS) is 19.6. The van der Waals surface area contributed by atoms with Crippen LogP contribution in [0.4, 0.5) is 4.79 Å². The number of carbonyl (C=O) groups excluding carboxylic acids is 1. The molecule has 2 amide bonds. The molecule has 0 spiro atoms. The van der Waals surface area contributed by atoms with Crippen LogP contribution >= 0.6 is 0 Å². The molecule has 1 atom stereocenters. The molecule has 1 unspecified atom stereocenters. The van der Waals surface area contributed by atoms with Crippen molar-refractivity contribution in [3.8, 4) is 0 Å². The Morgan fingerprint density at radius 1 is 1.61 bits per heavy atom. The lowest BCUT2D eigenvalue weighted by atomic mass is 9.99. The van der Waals surface area contributed by atoms with Crippen molar-refractivity contribution in [3.05, 3.63) is 18.0 Å². The van der Waals surface area contributed by atoms with Crippen LogP contribution in [0.15, 0.2) is 16.9 Å². The summed E-state index contributed by atoms with van der Waals surface area (Å²) in [5, 5.41) is 15.3. The third-order valence-electron chi connectivity index (χ3n) is 2.97. The molecule has 0 aromatic carbocycles. The summed E-state index contributed by atoms with van der Waals surface area (Å²) < 4.78 is 4.65. The number of hydrogen-bond donors (Lipinski definition) is 2. The fourth-order valence-electron chi connectivity index (χ4n) is 1.97. The second-order valence-corrected chi connectivity index (χ2v) is 4.27. The molecule has 1 saturated heterocycles. The summed E-state index contributed by atoms with van der Waals surface area (Å²) in [6, 6.07) is 1.40. The van der Waals surface area contributed by atoms with Crippen molar-refractivity contribution in [3.63, 3.8) is 0 Å². The van der Waals surface area contributed by atoms with Crippen LogP contribution in [-0.4, -0.2) is 40.3 Å². The van der Waals surface area contributed by atoms with Crippen LogP contribution < -0.4 is 5.32 Å². The first-order chi connectivity index (χ1) is 8.66. The smallest absolute Gasteiger partial charge is 0.317 e. The molecule has 0 saturated carbocycles. The molecule has 0 bridgehead atoms. The number of aromatic nitrogens is 1. The molecule has 7 heteroatoms. The minimum atomic E-state index is -0.844. The molecule has 1 aromatic heterocycles. The van der Waals surface area contributed by atoms with Gasteiger partial charge in [-0.1, -0.05) is 5.16 Å². The van der Waals surface area contributed by atoms with Gasteiger partial charge in [-0.3, -0.25) is 4.79 Å². The lowest BCUT2D eigenvalue weighted by Crippen LogP contribution is -2.46. The maximum absolute atomic E-state index is 11.8. The highest BCUT2D eigenvalue weighted by Gasteiger charge is 2.27. The molecule has 1 aliphatic heterocycles. The van der Waals surface area contributed by atoms with Gasteiger partial charge in [0.05, 0.1) is 12.5 Å². The first-order valence-corrected chi connectivity index (χ1v) is 5.81. The van der Waals surface area contributed by atoms with Gasteiger partial charge in [-0.2, -0.15) is 0 Å². The van der Waals surface area contributed by atoms with E-state index < -0.39 is 11.9 Å². The van der Waals surface area contributed by atoms with E-state index in [2.05, 4.69) is 15.0 Å². The van der Waals surface area contributed by atoms with Crippen molar-refractivity contribution in [2.45, 2.75) is 19.4 Å². The van der Waals surface area contributed by atoms with E-state index in [9.17, 15) is 9.59 Å². The SMILES string of the molecule is O=C(O)C1CCCN(C(=O)NCc2ccon2)C1. The molecule has 7 nitrogen and oxygen atoms in total. The molecule has 1 aromatic rings. The van der Waals surface area contributed by atoms with E-state index in [1.807, 2.05) is 0 Å². The molecule has 2 rings (SSSR count). The fourth-order valence-corrected chi connectivity index (χ4v) is 1.97. The maximum Gasteiger partial charge on any atom is 0.317 e. The number of urea groups is 1. The Labute approximate surface area is 104 Å². The number of amides is 2. The van der Waals surface area contributed by atoms with Crippen molar-refractivity contribution >= 4 is 12.0 Å². The van der Waals surface area contributed by atoms with E-state index in [1.54, 1.807) is 6.07 Å². The lowest BCUT2D eigenvalue weighted by molar-refractivity contribution is -0.143. The molecule has 2 N–H and O–H groups in total. The third-order valence-corrected chi connectivity index (χ3v) is 2.97. The van der Waals surface area contributed by atoms with E-state index in [1.165, 1.54) is 11.2 Å². The molecule has 0 aliphatic carbocycles. The number of piperidine rings is 1. The lowest BCUT2D eigenvalue weighted by Gasteiger charge is -2.30. The number of likely N-dealkylation sites (tertiary alicyclic amines) is 1. The summed E-state index contributed by atoms with van der Waals surface area (Å²) in [5.41, 5.74) is 0.634. The Bertz CT molecular complexity index is 418. The minimum Gasteiger partial charge on any atom is -0.481 e. The number of carbonyl (C=O) groups is 2. The molecule has 1 aliphatic rings. The number of rotatable bonds is 3. The second-order valence-electron chi connectivity index (χ2n) is 4.27. The first-order valence-electron chi connectivity index (χ1n) is 5.81. The molecular weight excluding hydrogens is 238 g/mol. The van der Waals surface area contributed by atoms with Gasteiger partial charge in [0, 0.05) is 19.2 Å². The monoisotopic (exact) mass is 253 g/mol. The zero-order valence-corrected chi connectivity index (χ0v) is 9.83. The highest BCUT2D eigenvalue weighted by Crippen LogP contribution is 2.16. The zero-order valence-electron chi connectivity index (χ0n) is 9.83. The largest absolute Gasteiger partial charge is 0.481 e. The van der Waals surface area contributed by atoms with E-state index in [4.69, 9.17) is 5.11 Å². The summed E-state index contributed by atoms with van der Waals surface area (Å²) in [7, 11) is 0. The second kappa shape index (κ2) is 5.52. The number of carboxylic acid groups (broad SMARTS) is 1. The predicted octanol–water partition coefficient (Wildman–Crippen LogP) is 0.681. The number of nitrogens with zero attached hydrogens (tertiary/aromatic N) is 2. The van der Waals surface area contributed by atoms with Crippen molar-refractivity contribution in [2.24, 2.45) is 5.92 Å². The standard InChI is InChI=1S/C11H15N3O4/c15-10(16)8-2-1-4-14(7-8)11(17)12-6-9-3-5-18-13-9/h3,5,8H,1-2,4,6-7H2,(H,12,17)(H,15,16). The predicted molar refractivity (Wildman–Crippen MR) is 60.7 cm³/mol. The maximum atomic E-state index is 11.8. The molecule has 2 heterocycles. The van der Waals surface area contributed by atoms with Gasteiger partial charge in [0.2, 0.25) is 0 Å². The Balaban J connectivity index is 1.83. The first kappa shape index (κ1) is 12.4. The molecule has 98 valence electrons. The minimum absolute atomic E-state index is 0.260. The van der Waals surface area contributed by atoms with Crippen LogP contribution in [0.2, 0.25) is 0 Å². The highest BCUT2D eigenvalue weighted by molar-refractivity contribution is 5.76. The number of aliphatic carboxylic acids is 1. The quantitative estimate of drug-likeness (QED) is 0.825. The summed E-state index contributed by atoms with van der Waals surface area (Å²) in [5.74, 6) is -1.31. The fraction of sp³-hybridized carbons (Fsp3) is 0.545. The Morgan fingerprint density at radius 2 is 2.44 bits per heavy atom.